The van der Waals surface area contributed by atoms with Gasteiger partial charge in [-0.25, -0.2) is 9.78 Å². The van der Waals surface area contributed by atoms with Crippen molar-refractivity contribution in [2.24, 2.45) is 0 Å². The van der Waals surface area contributed by atoms with Crippen LogP contribution in [-0.2, 0) is 17.7 Å². The van der Waals surface area contributed by atoms with Crippen LogP contribution in [0.15, 0.2) is 66.9 Å². The summed E-state index contributed by atoms with van der Waals surface area (Å²) in [5.41, 5.74) is 5.05. The third kappa shape index (κ3) is 8.85. The minimum Gasteiger partial charge on any atom is -0.444 e. The predicted molar refractivity (Wildman–Crippen MR) is 159 cm³/mol. The molecule has 1 fully saturated rings. The minimum absolute atomic E-state index is 0.202. The van der Waals surface area contributed by atoms with E-state index in [0.717, 1.165) is 67.2 Å². The first-order chi connectivity index (χ1) is 18.7. The van der Waals surface area contributed by atoms with Crippen LogP contribution in [0.5, 0.6) is 0 Å². The van der Waals surface area contributed by atoms with Gasteiger partial charge in [-0.3, -0.25) is 4.90 Å². The Morgan fingerprint density at radius 2 is 1.64 bits per heavy atom. The Labute approximate surface area is 238 Å². The Balaban J connectivity index is 1.20. The van der Waals surface area contributed by atoms with Crippen LogP contribution in [0.25, 0.3) is 11.1 Å². The number of halogens is 1. The predicted octanol–water partition coefficient (Wildman–Crippen LogP) is 7.22. The second kappa shape index (κ2) is 13.2. The first-order valence-electron chi connectivity index (χ1n) is 13.6. The standard InChI is InChI=1S/C33H38ClN3O2/c1-33(2,3)39-32(38)37-21-19-31(20-22-37)36(4)24-26-11-9-25(10-12-26)7-5-6-8-30-18-15-28(23-35-30)27-13-16-29(34)17-14-27/h9-18,23,31H,5,7,19-22,24H2,1-4H3. The van der Waals surface area contributed by atoms with E-state index < -0.39 is 5.60 Å². The number of rotatable bonds is 6. The molecule has 6 heteroatoms. The minimum atomic E-state index is -0.452. The highest BCUT2D eigenvalue weighted by atomic mass is 35.5. The van der Waals surface area contributed by atoms with E-state index in [2.05, 4.69) is 53.0 Å². The van der Waals surface area contributed by atoms with Gasteiger partial charge in [-0.2, -0.15) is 0 Å². The second-order valence-electron chi connectivity index (χ2n) is 11.2. The van der Waals surface area contributed by atoms with Gasteiger partial charge < -0.3 is 9.64 Å². The lowest BCUT2D eigenvalue weighted by molar-refractivity contribution is 0.0153. The Morgan fingerprint density at radius 3 is 2.26 bits per heavy atom. The van der Waals surface area contributed by atoms with Crippen molar-refractivity contribution in [1.29, 1.82) is 0 Å². The summed E-state index contributed by atoms with van der Waals surface area (Å²) in [6, 6.07) is 21.1. The van der Waals surface area contributed by atoms with Crippen LogP contribution in [0.4, 0.5) is 4.79 Å². The van der Waals surface area contributed by atoms with Crippen molar-refractivity contribution < 1.29 is 9.53 Å². The molecule has 5 nitrogen and oxygen atoms in total. The molecule has 4 rings (SSSR count). The number of carbonyl (C=O) groups excluding carboxylic acids is 1. The highest BCUT2D eigenvalue weighted by molar-refractivity contribution is 6.30. The lowest BCUT2D eigenvalue weighted by Gasteiger charge is -2.37. The molecule has 39 heavy (non-hydrogen) atoms. The molecular weight excluding hydrogens is 506 g/mol. The molecule has 2 aromatic carbocycles. The number of benzene rings is 2. The summed E-state index contributed by atoms with van der Waals surface area (Å²) < 4.78 is 5.52. The van der Waals surface area contributed by atoms with E-state index in [0.29, 0.717) is 6.04 Å². The van der Waals surface area contributed by atoms with Gasteiger partial charge in [0.25, 0.3) is 0 Å². The van der Waals surface area contributed by atoms with Crippen LogP contribution >= 0.6 is 11.6 Å². The maximum absolute atomic E-state index is 12.3. The summed E-state index contributed by atoms with van der Waals surface area (Å²) in [7, 11) is 2.17. The molecule has 1 aromatic heterocycles. The molecule has 0 saturated carbocycles. The highest BCUT2D eigenvalue weighted by Gasteiger charge is 2.28. The fraction of sp³-hybridized carbons (Fsp3) is 0.394. The van der Waals surface area contributed by atoms with Crippen molar-refractivity contribution >= 4 is 17.7 Å². The topological polar surface area (TPSA) is 45.7 Å². The van der Waals surface area contributed by atoms with E-state index in [1.54, 1.807) is 0 Å². The number of carbonyl (C=O) groups is 1. The van der Waals surface area contributed by atoms with Crippen molar-refractivity contribution in [2.45, 2.75) is 64.6 Å². The van der Waals surface area contributed by atoms with Crippen LogP contribution in [0.2, 0.25) is 5.02 Å². The third-order valence-corrected chi connectivity index (χ3v) is 7.14. The Morgan fingerprint density at radius 1 is 1.00 bits per heavy atom. The second-order valence-corrected chi connectivity index (χ2v) is 11.6. The van der Waals surface area contributed by atoms with Gasteiger partial charge in [-0.15, -0.1) is 0 Å². The number of hydrogen-bond donors (Lipinski definition) is 0. The summed E-state index contributed by atoms with van der Waals surface area (Å²) >= 11 is 5.97. The molecular formula is C33H38ClN3O2. The molecule has 0 N–H and O–H groups in total. The smallest absolute Gasteiger partial charge is 0.410 e. The lowest BCUT2D eigenvalue weighted by Crippen LogP contribution is -2.46. The number of likely N-dealkylation sites (tertiary alicyclic amines) is 1. The van der Waals surface area contributed by atoms with E-state index >= 15 is 0 Å². The van der Waals surface area contributed by atoms with Crippen molar-refractivity contribution in [2.75, 3.05) is 20.1 Å². The van der Waals surface area contributed by atoms with Crippen LogP contribution in [0, 0.1) is 11.8 Å². The summed E-state index contributed by atoms with van der Waals surface area (Å²) in [5.74, 6) is 6.43. The third-order valence-electron chi connectivity index (χ3n) is 6.89. The Kier molecular flexibility index (Phi) is 9.67. The molecule has 0 atom stereocenters. The van der Waals surface area contributed by atoms with Gasteiger partial charge in [0.05, 0.1) is 0 Å². The molecule has 0 spiro atoms. The average Bonchev–Trinajstić information content (AvgIpc) is 2.92. The van der Waals surface area contributed by atoms with Gasteiger partial charge in [0, 0.05) is 48.9 Å². The SMILES string of the molecule is CN(Cc1ccc(CCC#Cc2ccc(-c3ccc(Cl)cc3)cn2)cc1)C1CCN(C(=O)OC(C)(C)C)CC1. The number of nitrogens with zero attached hydrogens (tertiary/aromatic N) is 3. The molecule has 1 aliphatic heterocycles. The Hall–Kier alpha value is -3.33. The number of amides is 1. The molecule has 0 aliphatic carbocycles. The zero-order valence-corrected chi connectivity index (χ0v) is 24.2. The maximum atomic E-state index is 12.3. The van der Waals surface area contributed by atoms with Crippen molar-refractivity contribution in [3.05, 3.63) is 88.7 Å². The zero-order valence-electron chi connectivity index (χ0n) is 23.4. The molecule has 1 aliphatic rings. The fourth-order valence-electron chi connectivity index (χ4n) is 4.68. The number of hydrogen-bond acceptors (Lipinski definition) is 4. The number of pyridine rings is 1. The number of aryl methyl sites for hydroxylation is 1. The average molecular weight is 544 g/mol. The molecule has 2 heterocycles. The molecule has 0 bridgehead atoms. The first kappa shape index (κ1) is 28.7. The molecule has 204 valence electrons. The van der Waals surface area contributed by atoms with Gasteiger partial charge >= 0.3 is 6.09 Å². The summed E-state index contributed by atoms with van der Waals surface area (Å²) in [4.78, 5) is 21.0. The molecule has 1 amide bonds. The number of piperidine rings is 1. The first-order valence-corrected chi connectivity index (χ1v) is 14.0. The van der Waals surface area contributed by atoms with Gasteiger partial charge in [0.1, 0.15) is 11.3 Å². The quantitative estimate of drug-likeness (QED) is 0.308. The van der Waals surface area contributed by atoms with Gasteiger partial charge in [0.15, 0.2) is 0 Å². The fourth-order valence-corrected chi connectivity index (χ4v) is 4.81. The summed E-state index contributed by atoms with van der Waals surface area (Å²) in [5, 5.41) is 0.727. The van der Waals surface area contributed by atoms with Gasteiger partial charge in [0.2, 0.25) is 0 Å². The molecule has 0 radical (unpaired) electrons. The summed E-state index contributed by atoms with van der Waals surface area (Å²) in [6.07, 6.45) is 5.28. The number of ether oxygens (including phenoxy) is 1. The number of aromatic nitrogens is 1. The van der Waals surface area contributed by atoms with E-state index in [4.69, 9.17) is 16.3 Å². The van der Waals surface area contributed by atoms with E-state index in [1.807, 2.05) is 68.3 Å². The zero-order chi connectivity index (χ0) is 27.8. The van der Waals surface area contributed by atoms with E-state index in [-0.39, 0.29) is 6.09 Å². The van der Waals surface area contributed by atoms with Crippen molar-refractivity contribution in [3.8, 4) is 23.0 Å². The van der Waals surface area contributed by atoms with E-state index in [9.17, 15) is 4.79 Å². The van der Waals surface area contributed by atoms with Gasteiger partial charge in [-0.05, 0) is 87.9 Å². The molecule has 3 aromatic rings. The maximum Gasteiger partial charge on any atom is 0.410 e. The monoisotopic (exact) mass is 543 g/mol. The van der Waals surface area contributed by atoms with Crippen molar-refractivity contribution in [1.82, 2.24) is 14.8 Å². The highest BCUT2D eigenvalue weighted by Crippen LogP contribution is 2.22. The van der Waals surface area contributed by atoms with Crippen LogP contribution in [0.1, 0.15) is 56.9 Å². The summed E-state index contributed by atoms with van der Waals surface area (Å²) in [6.45, 7) is 8.11. The van der Waals surface area contributed by atoms with Crippen LogP contribution in [0.3, 0.4) is 0 Å². The molecule has 0 unspecified atom stereocenters. The lowest BCUT2D eigenvalue weighted by atomic mass is 10.0. The van der Waals surface area contributed by atoms with Crippen LogP contribution < -0.4 is 0 Å². The van der Waals surface area contributed by atoms with Crippen molar-refractivity contribution in [3.63, 3.8) is 0 Å². The largest absolute Gasteiger partial charge is 0.444 e. The van der Waals surface area contributed by atoms with Gasteiger partial charge in [-0.1, -0.05) is 60.0 Å². The molecule has 1 saturated heterocycles. The Bertz CT molecular complexity index is 1280. The van der Waals surface area contributed by atoms with Crippen LogP contribution in [-0.4, -0.2) is 52.7 Å². The van der Waals surface area contributed by atoms with E-state index in [1.165, 1.54) is 11.1 Å². The normalized spacial score (nSPS) is 14.2.